The summed E-state index contributed by atoms with van der Waals surface area (Å²) >= 11 is 5.51. The third-order valence-electron chi connectivity index (χ3n) is 4.02. The zero-order valence-electron chi connectivity index (χ0n) is 10.8. The van der Waals surface area contributed by atoms with Crippen molar-refractivity contribution in [1.82, 2.24) is 10.2 Å². The maximum atomic E-state index is 3.59. The number of hydrogen-bond donors (Lipinski definition) is 1. The maximum absolute atomic E-state index is 3.59. The Morgan fingerprint density at radius 1 is 1.26 bits per heavy atom. The van der Waals surface area contributed by atoms with E-state index in [9.17, 15) is 0 Å². The fourth-order valence-electron chi connectivity index (χ4n) is 2.91. The first-order chi connectivity index (χ1) is 8.34. The van der Waals surface area contributed by atoms with Crippen LogP contribution in [0.4, 0.5) is 0 Å². The van der Waals surface area contributed by atoms with Crippen LogP contribution in [-0.2, 0) is 0 Å². The highest BCUT2D eigenvalue weighted by Crippen LogP contribution is 2.43. The Morgan fingerprint density at radius 2 is 1.95 bits per heavy atom. The second-order valence-corrected chi connectivity index (χ2v) is 6.95. The second-order valence-electron chi connectivity index (χ2n) is 5.09. The van der Waals surface area contributed by atoms with Gasteiger partial charge in [-0.2, -0.15) is 0 Å². The molecule has 19 heavy (non-hydrogen) atoms. The molecule has 0 spiro atoms. The maximum Gasteiger partial charge on any atom is 0.0471 e. The number of halogens is 3. The van der Waals surface area contributed by atoms with Crippen LogP contribution in [0.5, 0.6) is 0 Å². The Balaban J connectivity index is 0.000000902. The molecule has 1 saturated heterocycles. The SMILES string of the molecule is Brc1csc([C@@H](C2CCC2)N2CCNCC2)c1.Cl.Cl. The van der Waals surface area contributed by atoms with Crippen LogP contribution in [0.1, 0.15) is 30.2 Å². The Labute approximate surface area is 140 Å². The van der Waals surface area contributed by atoms with E-state index in [1.165, 1.54) is 36.8 Å². The summed E-state index contributed by atoms with van der Waals surface area (Å²) in [6.07, 6.45) is 4.27. The summed E-state index contributed by atoms with van der Waals surface area (Å²) in [6.45, 7) is 4.71. The average molecular weight is 388 g/mol. The predicted octanol–water partition coefficient (Wildman–Crippen LogP) is 4.10. The van der Waals surface area contributed by atoms with Crippen LogP contribution in [-0.4, -0.2) is 31.1 Å². The molecule has 6 heteroatoms. The molecule has 110 valence electrons. The highest BCUT2D eigenvalue weighted by molar-refractivity contribution is 9.10. The summed E-state index contributed by atoms with van der Waals surface area (Å²) in [5.74, 6) is 0.902. The molecule has 2 nitrogen and oxygen atoms in total. The van der Waals surface area contributed by atoms with E-state index in [0.29, 0.717) is 6.04 Å². The van der Waals surface area contributed by atoms with Crippen molar-refractivity contribution in [2.45, 2.75) is 25.3 Å². The molecule has 1 aliphatic carbocycles. The van der Waals surface area contributed by atoms with Crippen molar-refractivity contribution < 1.29 is 0 Å². The van der Waals surface area contributed by atoms with Gasteiger partial charge in [-0.05, 0) is 40.8 Å². The van der Waals surface area contributed by atoms with Crippen molar-refractivity contribution in [3.63, 3.8) is 0 Å². The largest absolute Gasteiger partial charge is 0.314 e. The monoisotopic (exact) mass is 386 g/mol. The summed E-state index contributed by atoms with van der Waals surface area (Å²) in [4.78, 5) is 4.25. The van der Waals surface area contributed by atoms with E-state index in [-0.39, 0.29) is 24.8 Å². The quantitative estimate of drug-likeness (QED) is 0.839. The van der Waals surface area contributed by atoms with Crippen molar-refractivity contribution in [2.24, 2.45) is 5.92 Å². The molecule has 3 rings (SSSR count). The van der Waals surface area contributed by atoms with Gasteiger partial charge in [0.2, 0.25) is 0 Å². The van der Waals surface area contributed by atoms with Gasteiger partial charge in [0.15, 0.2) is 0 Å². The summed E-state index contributed by atoms with van der Waals surface area (Å²) in [7, 11) is 0. The Hall–Kier alpha value is 0.680. The number of thiophene rings is 1. The van der Waals surface area contributed by atoms with Crippen molar-refractivity contribution in [1.29, 1.82) is 0 Å². The molecule has 0 unspecified atom stereocenters. The lowest BCUT2D eigenvalue weighted by Gasteiger charge is -2.42. The van der Waals surface area contributed by atoms with Crippen LogP contribution in [0.25, 0.3) is 0 Å². The minimum Gasteiger partial charge on any atom is -0.314 e. The number of nitrogens with one attached hydrogen (secondary N) is 1. The first kappa shape index (κ1) is 17.7. The van der Waals surface area contributed by atoms with E-state index >= 15 is 0 Å². The minimum absolute atomic E-state index is 0. The van der Waals surface area contributed by atoms with Gasteiger partial charge in [0.1, 0.15) is 0 Å². The molecule has 0 radical (unpaired) electrons. The molecule has 2 fully saturated rings. The van der Waals surface area contributed by atoms with Gasteiger partial charge in [-0.1, -0.05) is 6.42 Å². The first-order valence-corrected chi connectivity index (χ1v) is 8.20. The molecular weight excluding hydrogens is 367 g/mol. The topological polar surface area (TPSA) is 15.3 Å². The average Bonchev–Trinajstić information content (AvgIpc) is 2.71. The number of hydrogen-bond acceptors (Lipinski definition) is 3. The van der Waals surface area contributed by atoms with Gasteiger partial charge in [-0.25, -0.2) is 0 Å². The van der Waals surface area contributed by atoms with Gasteiger partial charge in [0.05, 0.1) is 0 Å². The third kappa shape index (κ3) is 4.08. The second kappa shape index (κ2) is 8.20. The van der Waals surface area contributed by atoms with Crippen LogP contribution < -0.4 is 5.32 Å². The van der Waals surface area contributed by atoms with E-state index in [1.807, 2.05) is 11.3 Å². The summed E-state index contributed by atoms with van der Waals surface area (Å²) < 4.78 is 1.25. The number of piperazine rings is 1. The highest BCUT2D eigenvalue weighted by Gasteiger charge is 2.34. The van der Waals surface area contributed by atoms with E-state index in [0.717, 1.165) is 19.0 Å². The van der Waals surface area contributed by atoms with Crippen molar-refractivity contribution in [3.8, 4) is 0 Å². The molecule has 2 aliphatic rings. The molecule has 1 N–H and O–H groups in total. The van der Waals surface area contributed by atoms with Crippen LogP contribution >= 0.6 is 52.1 Å². The first-order valence-electron chi connectivity index (χ1n) is 6.53. The zero-order chi connectivity index (χ0) is 11.7. The smallest absolute Gasteiger partial charge is 0.0471 e. The molecule has 1 saturated carbocycles. The van der Waals surface area contributed by atoms with Crippen LogP contribution in [0.15, 0.2) is 15.9 Å². The summed E-state index contributed by atoms with van der Waals surface area (Å²) in [6, 6.07) is 3.01. The molecule has 2 heterocycles. The fraction of sp³-hybridized carbons (Fsp3) is 0.692. The minimum atomic E-state index is 0. The standard InChI is InChI=1S/C13H19BrN2S.2ClH/c14-11-8-12(17-9-11)13(10-2-1-3-10)16-6-4-15-5-7-16;;/h8-10,13,15H,1-7H2;2*1H/t13-;;/m1../s1. The fourth-order valence-corrected chi connectivity index (χ4v) is 4.58. The molecule has 1 atom stereocenters. The van der Waals surface area contributed by atoms with Crippen molar-refractivity contribution in [2.75, 3.05) is 26.2 Å². The molecule has 1 aliphatic heterocycles. The normalized spacial score (nSPS) is 21.9. The van der Waals surface area contributed by atoms with Gasteiger partial charge < -0.3 is 5.32 Å². The Bertz CT molecular complexity index is 378. The predicted molar refractivity (Wildman–Crippen MR) is 91.0 cm³/mol. The van der Waals surface area contributed by atoms with Gasteiger partial charge >= 0.3 is 0 Å². The van der Waals surface area contributed by atoms with Crippen molar-refractivity contribution >= 4 is 52.1 Å². The van der Waals surface area contributed by atoms with E-state index < -0.39 is 0 Å². The summed E-state index contributed by atoms with van der Waals surface area (Å²) in [5, 5.41) is 5.68. The molecule has 0 amide bonds. The molecule has 1 aromatic rings. The van der Waals surface area contributed by atoms with Gasteiger partial charge in [-0.3, -0.25) is 4.90 Å². The lowest BCUT2D eigenvalue weighted by Crippen LogP contribution is -2.47. The molecular formula is C13H21BrCl2N2S. The number of rotatable bonds is 3. The van der Waals surface area contributed by atoms with Crippen LogP contribution in [0.2, 0.25) is 0 Å². The number of nitrogens with zero attached hydrogens (tertiary/aromatic N) is 1. The van der Waals surface area contributed by atoms with E-state index in [4.69, 9.17) is 0 Å². The van der Waals surface area contributed by atoms with Crippen molar-refractivity contribution in [3.05, 3.63) is 20.8 Å². The lowest BCUT2D eigenvalue weighted by molar-refractivity contribution is 0.0860. The zero-order valence-corrected chi connectivity index (χ0v) is 14.8. The Morgan fingerprint density at radius 3 is 2.42 bits per heavy atom. The van der Waals surface area contributed by atoms with Crippen LogP contribution in [0.3, 0.4) is 0 Å². The molecule has 0 aromatic carbocycles. The third-order valence-corrected chi connectivity index (χ3v) is 5.78. The summed E-state index contributed by atoms with van der Waals surface area (Å²) in [5.41, 5.74) is 0. The highest BCUT2D eigenvalue weighted by atomic mass is 79.9. The molecule has 0 bridgehead atoms. The van der Waals surface area contributed by atoms with Gasteiger partial charge in [0.25, 0.3) is 0 Å². The molecule has 1 aromatic heterocycles. The van der Waals surface area contributed by atoms with E-state index in [1.54, 1.807) is 4.88 Å². The Kier molecular flexibility index (Phi) is 7.65. The van der Waals surface area contributed by atoms with Gasteiger partial charge in [-0.15, -0.1) is 36.2 Å². The van der Waals surface area contributed by atoms with E-state index in [2.05, 4.69) is 37.6 Å². The lowest BCUT2D eigenvalue weighted by atomic mass is 9.78. The van der Waals surface area contributed by atoms with Crippen LogP contribution in [0, 0.1) is 5.92 Å². The van der Waals surface area contributed by atoms with Gasteiger partial charge in [0, 0.05) is 47.0 Å².